The van der Waals surface area contributed by atoms with Gasteiger partial charge in [-0.1, -0.05) is 5.16 Å². The number of aryl methyl sites for hydroxylation is 2. The third-order valence-corrected chi connectivity index (χ3v) is 3.76. The summed E-state index contributed by atoms with van der Waals surface area (Å²) in [5.41, 5.74) is 3.46. The summed E-state index contributed by atoms with van der Waals surface area (Å²) < 4.78 is 6.87. The lowest BCUT2D eigenvalue weighted by Gasteiger charge is -2.03. The van der Waals surface area contributed by atoms with Crippen LogP contribution in [-0.2, 0) is 13.1 Å². The van der Waals surface area contributed by atoms with Crippen molar-refractivity contribution in [2.45, 2.75) is 26.9 Å². The van der Waals surface area contributed by atoms with Crippen molar-refractivity contribution in [2.24, 2.45) is 0 Å². The summed E-state index contributed by atoms with van der Waals surface area (Å²) in [7, 11) is 0. The summed E-state index contributed by atoms with van der Waals surface area (Å²) >= 11 is 1.66. The van der Waals surface area contributed by atoms with Crippen LogP contribution >= 0.6 is 11.3 Å². The van der Waals surface area contributed by atoms with Gasteiger partial charge in [0.05, 0.1) is 17.9 Å². The molecule has 0 aliphatic rings. The van der Waals surface area contributed by atoms with E-state index in [4.69, 9.17) is 0 Å². The Balaban J connectivity index is 1.77. The van der Waals surface area contributed by atoms with Gasteiger partial charge >= 0.3 is 0 Å². The molecule has 0 radical (unpaired) electrons. The van der Waals surface area contributed by atoms with Crippen LogP contribution in [0.25, 0.3) is 4.96 Å². The van der Waals surface area contributed by atoms with Gasteiger partial charge in [-0.3, -0.25) is 4.40 Å². The molecule has 18 heavy (non-hydrogen) atoms. The molecule has 3 aromatic rings. The Bertz CT molecular complexity index is 654. The smallest absolute Gasteiger partial charge is 0.213 e. The second-order valence-corrected chi connectivity index (χ2v) is 4.93. The van der Waals surface area contributed by atoms with E-state index in [-0.39, 0.29) is 0 Å². The predicted octanol–water partition coefficient (Wildman–Crippen LogP) is 1.69. The fourth-order valence-corrected chi connectivity index (χ4v) is 2.87. The number of rotatable bonds is 4. The van der Waals surface area contributed by atoms with Crippen molar-refractivity contribution in [2.75, 3.05) is 0 Å². The van der Waals surface area contributed by atoms with E-state index >= 15 is 0 Å². The van der Waals surface area contributed by atoms with Gasteiger partial charge in [0, 0.05) is 17.6 Å². The fourth-order valence-electron chi connectivity index (χ4n) is 1.94. The Morgan fingerprint density at radius 2 is 2.28 bits per heavy atom. The second kappa shape index (κ2) is 4.51. The number of nitrogens with one attached hydrogen (secondary N) is 1. The first kappa shape index (κ1) is 11.4. The first-order chi connectivity index (χ1) is 8.75. The quantitative estimate of drug-likeness (QED) is 0.775. The summed E-state index contributed by atoms with van der Waals surface area (Å²) in [6.07, 6.45) is 1.34. The molecule has 1 N–H and O–H groups in total. The Morgan fingerprint density at radius 3 is 3.06 bits per heavy atom. The van der Waals surface area contributed by atoms with E-state index < -0.39 is 0 Å². The van der Waals surface area contributed by atoms with Gasteiger partial charge in [-0.15, -0.1) is 11.3 Å². The van der Waals surface area contributed by atoms with Crippen LogP contribution in [0.3, 0.4) is 0 Å². The van der Waals surface area contributed by atoms with Crippen molar-refractivity contribution in [3.8, 4) is 0 Å². The van der Waals surface area contributed by atoms with Crippen molar-refractivity contribution in [1.29, 1.82) is 0 Å². The van der Waals surface area contributed by atoms with Crippen molar-refractivity contribution in [3.05, 3.63) is 34.7 Å². The molecule has 94 valence electrons. The summed E-state index contributed by atoms with van der Waals surface area (Å²) in [6.45, 7) is 5.45. The monoisotopic (exact) mass is 263 g/mol. The minimum Gasteiger partial charge on any atom is -0.343 e. The highest BCUT2D eigenvalue weighted by Crippen LogP contribution is 2.20. The molecule has 3 rings (SSSR count). The van der Waals surface area contributed by atoms with Crippen LogP contribution in [-0.4, -0.2) is 19.5 Å². The third-order valence-electron chi connectivity index (χ3n) is 2.81. The lowest BCUT2D eigenvalue weighted by atomic mass is 10.3. The molecule has 0 fully saturated rings. The van der Waals surface area contributed by atoms with Crippen LogP contribution in [0.15, 0.2) is 16.3 Å². The maximum Gasteiger partial charge on any atom is 0.213 e. The molecule has 0 saturated heterocycles. The van der Waals surface area contributed by atoms with E-state index in [9.17, 15) is 0 Å². The number of hydrogen-bond donors (Lipinski definition) is 1. The second-order valence-electron chi connectivity index (χ2n) is 4.09. The number of aromatic nitrogens is 4. The topological polar surface area (TPSA) is 68.2 Å². The number of nitrogens with zero attached hydrogens (tertiary/aromatic N) is 4. The summed E-state index contributed by atoms with van der Waals surface area (Å²) in [5, 5.41) is 9.17. The highest BCUT2D eigenvalue weighted by atomic mass is 32.1. The molecule has 0 aliphatic heterocycles. The molecule has 0 spiro atoms. The van der Waals surface area contributed by atoms with Crippen LogP contribution < -0.4 is 5.32 Å². The van der Waals surface area contributed by atoms with Crippen molar-refractivity contribution in [1.82, 2.24) is 24.8 Å². The minimum atomic E-state index is 0.590. The maximum atomic E-state index is 4.69. The maximum absolute atomic E-state index is 4.69. The lowest BCUT2D eigenvalue weighted by molar-refractivity contribution is 0.407. The van der Waals surface area contributed by atoms with Gasteiger partial charge in [-0.2, -0.15) is 4.98 Å². The van der Waals surface area contributed by atoms with Crippen molar-refractivity contribution >= 4 is 16.3 Å². The van der Waals surface area contributed by atoms with E-state index in [2.05, 4.69) is 41.7 Å². The van der Waals surface area contributed by atoms with Crippen LogP contribution in [0.4, 0.5) is 0 Å². The van der Waals surface area contributed by atoms with Gasteiger partial charge in [-0.05, 0) is 13.8 Å². The Labute approximate surface area is 108 Å². The normalized spacial score (nSPS) is 11.4. The average Bonchev–Trinajstić information content (AvgIpc) is 3.02. The molecule has 0 aliphatic carbocycles. The fraction of sp³-hybridized carbons (Fsp3) is 0.364. The molecule has 0 unspecified atom stereocenters. The highest BCUT2D eigenvalue weighted by Gasteiger charge is 2.11. The molecule has 0 saturated carbocycles. The predicted molar refractivity (Wildman–Crippen MR) is 67.4 cm³/mol. The highest BCUT2D eigenvalue weighted by molar-refractivity contribution is 7.15. The molecular formula is C11H13N5OS. The van der Waals surface area contributed by atoms with Gasteiger partial charge in [0.2, 0.25) is 6.39 Å². The Hall–Kier alpha value is -1.73. The molecule has 7 heteroatoms. The van der Waals surface area contributed by atoms with E-state index in [1.165, 1.54) is 17.8 Å². The summed E-state index contributed by atoms with van der Waals surface area (Å²) in [5.74, 6) is 0.662. The van der Waals surface area contributed by atoms with Crippen molar-refractivity contribution < 1.29 is 4.52 Å². The zero-order chi connectivity index (χ0) is 12.5. The first-order valence-corrected chi connectivity index (χ1v) is 6.51. The average molecular weight is 263 g/mol. The molecular weight excluding hydrogens is 250 g/mol. The van der Waals surface area contributed by atoms with Gasteiger partial charge in [0.15, 0.2) is 10.8 Å². The SMILES string of the molecule is Cc1nc2scc(C)n2c1CNCc1ncon1. The van der Waals surface area contributed by atoms with E-state index in [1.54, 1.807) is 11.3 Å². The van der Waals surface area contributed by atoms with Gasteiger partial charge in [0.25, 0.3) is 0 Å². The van der Waals surface area contributed by atoms with Crippen molar-refractivity contribution in [3.63, 3.8) is 0 Å². The number of hydrogen-bond acceptors (Lipinski definition) is 6. The minimum absolute atomic E-state index is 0.590. The van der Waals surface area contributed by atoms with E-state index in [1.807, 2.05) is 6.92 Å². The molecule has 3 heterocycles. The first-order valence-electron chi connectivity index (χ1n) is 5.63. The number of fused-ring (bicyclic) bond motifs is 1. The Morgan fingerprint density at radius 1 is 1.39 bits per heavy atom. The molecule has 0 bridgehead atoms. The molecule has 0 atom stereocenters. The summed E-state index contributed by atoms with van der Waals surface area (Å²) in [4.78, 5) is 9.55. The largest absolute Gasteiger partial charge is 0.343 e. The van der Waals surface area contributed by atoms with Crippen LogP contribution in [0.2, 0.25) is 0 Å². The molecule has 3 aromatic heterocycles. The molecule has 6 nitrogen and oxygen atoms in total. The lowest BCUT2D eigenvalue weighted by Crippen LogP contribution is -2.15. The van der Waals surface area contributed by atoms with E-state index in [0.29, 0.717) is 12.4 Å². The zero-order valence-electron chi connectivity index (χ0n) is 10.2. The van der Waals surface area contributed by atoms with Gasteiger partial charge in [-0.25, -0.2) is 4.98 Å². The van der Waals surface area contributed by atoms with Crippen LogP contribution in [0.5, 0.6) is 0 Å². The standard InChI is InChI=1S/C11H13N5OS/c1-7-5-18-11-14-8(2)9(16(7)11)3-12-4-10-13-6-17-15-10/h5-6,12H,3-4H2,1-2H3. The number of thiazole rings is 1. The van der Waals surface area contributed by atoms with Gasteiger partial charge < -0.3 is 9.84 Å². The van der Waals surface area contributed by atoms with Crippen LogP contribution in [0, 0.1) is 13.8 Å². The molecule has 0 amide bonds. The summed E-state index contributed by atoms with van der Waals surface area (Å²) in [6, 6.07) is 0. The Kier molecular flexibility index (Phi) is 2.85. The number of imidazole rings is 1. The third kappa shape index (κ3) is 1.91. The van der Waals surface area contributed by atoms with Gasteiger partial charge in [0.1, 0.15) is 0 Å². The zero-order valence-corrected chi connectivity index (χ0v) is 11.0. The van der Waals surface area contributed by atoms with E-state index in [0.717, 1.165) is 17.2 Å². The van der Waals surface area contributed by atoms with Crippen LogP contribution in [0.1, 0.15) is 22.9 Å². The molecule has 0 aromatic carbocycles.